The number of rotatable bonds is 5. The van der Waals surface area contributed by atoms with E-state index >= 15 is 0 Å². The molecule has 0 radical (unpaired) electrons. The number of aliphatic hydroxyl groups excluding tert-OH is 1. The van der Waals surface area contributed by atoms with E-state index in [0.29, 0.717) is 11.8 Å². The van der Waals surface area contributed by atoms with Gasteiger partial charge in [0.05, 0.1) is 29.2 Å². The van der Waals surface area contributed by atoms with E-state index in [1.165, 1.54) is 55.6 Å². The van der Waals surface area contributed by atoms with E-state index in [1.54, 1.807) is 0 Å². The second-order valence-corrected chi connectivity index (χ2v) is 7.80. The lowest BCUT2D eigenvalue weighted by Gasteiger charge is -2.26. The molecule has 36 heavy (non-hydrogen) atoms. The molecule has 1 unspecified atom stereocenters. The van der Waals surface area contributed by atoms with E-state index in [4.69, 9.17) is 4.74 Å². The van der Waals surface area contributed by atoms with Gasteiger partial charge in [0.15, 0.2) is 0 Å². The van der Waals surface area contributed by atoms with E-state index in [9.17, 15) is 38.0 Å². The van der Waals surface area contributed by atoms with Crippen LogP contribution in [0, 0.1) is 10.1 Å². The fraction of sp³-hybridized carbons (Fsp3) is 0.120. The number of carbonyl (C=O) groups excluding carboxylic acids is 2. The topological polar surface area (TPSA) is 110 Å². The van der Waals surface area contributed by atoms with Gasteiger partial charge in [0.2, 0.25) is 0 Å². The second kappa shape index (κ2) is 9.17. The maximum absolute atomic E-state index is 13.4. The van der Waals surface area contributed by atoms with Crippen LogP contribution >= 0.6 is 0 Å². The zero-order chi connectivity index (χ0) is 26.2. The molecule has 0 aromatic heterocycles. The number of nitro benzene ring substituents is 1. The summed E-state index contributed by atoms with van der Waals surface area (Å²) < 4.78 is 45.2. The Morgan fingerprint density at radius 2 is 1.69 bits per heavy atom. The molecule has 3 aromatic carbocycles. The highest BCUT2D eigenvalue weighted by atomic mass is 19.4. The number of nitro groups is 1. The minimum Gasteiger partial charge on any atom is -0.507 e. The van der Waals surface area contributed by atoms with Crippen LogP contribution in [0.25, 0.3) is 5.76 Å². The Kier molecular flexibility index (Phi) is 6.23. The zero-order valence-corrected chi connectivity index (χ0v) is 18.5. The average molecular weight is 498 g/mol. The van der Waals surface area contributed by atoms with Crippen molar-refractivity contribution in [3.63, 3.8) is 0 Å². The fourth-order valence-electron chi connectivity index (χ4n) is 3.96. The molecule has 1 N–H and O–H groups in total. The first kappa shape index (κ1) is 24.5. The van der Waals surface area contributed by atoms with Gasteiger partial charge in [0, 0.05) is 23.4 Å². The first-order chi connectivity index (χ1) is 17.0. The standard InChI is InChI=1S/C25H17F3N2O6/c1-36-19-10-8-14(9-11-19)22(31)20-21(15-4-2-7-18(12-15)30(34)35)29(24(33)23(20)32)17-6-3-5-16(13-17)25(26,27)28/h2-13,21,31H,1H3/b22-20+. The van der Waals surface area contributed by atoms with Crippen LogP contribution in [0.1, 0.15) is 22.7 Å². The molecule has 3 aromatic rings. The van der Waals surface area contributed by atoms with Crippen LogP contribution in [-0.2, 0) is 15.8 Å². The zero-order valence-electron chi connectivity index (χ0n) is 18.5. The summed E-state index contributed by atoms with van der Waals surface area (Å²) in [5.41, 5.74) is -1.94. The highest BCUT2D eigenvalue weighted by Crippen LogP contribution is 2.44. The van der Waals surface area contributed by atoms with Crippen LogP contribution in [0.5, 0.6) is 5.75 Å². The molecule has 1 atom stereocenters. The Hall–Kier alpha value is -4.67. The molecule has 1 heterocycles. The molecule has 0 aliphatic carbocycles. The van der Waals surface area contributed by atoms with Crippen molar-refractivity contribution in [3.05, 3.63) is 105 Å². The Morgan fingerprint density at radius 3 is 2.31 bits per heavy atom. The Bertz CT molecular complexity index is 1400. The predicted molar refractivity (Wildman–Crippen MR) is 122 cm³/mol. The van der Waals surface area contributed by atoms with Gasteiger partial charge in [0.25, 0.3) is 17.4 Å². The molecule has 1 amide bonds. The van der Waals surface area contributed by atoms with Crippen molar-refractivity contribution in [1.82, 2.24) is 0 Å². The lowest BCUT2D eigenvalue weighted by atomic mass is 9.94. The summed E-state index contributed by atoms with van der Waals surface area (Å²) in [5.74, 6) is -2.49. The number of amides is 1. The summed E-state index contributed by atoms with van der Waals surface area (Å²) in [7, 11) is 1.43. The number of ether oxygens (including phenoxy) is 1. The Balaban J connectivity index is 1.96. The maximum atomic E-state index is 13.4. The van der Waals surface area contributed by atoms with Crippen molar-refractivity contribution in [3.8, 4) is 5.75 Å². The molecule has 0 saturated carbocycles. The molecule has 184 valence electrons. The largest absolute Gasteiger partial charge is 0.507 e. The third kappa shape index (κ3) is 4.38. The molecule has 4 rings (SSSR count). The van der Waals surface area contributed by atoms with E-state index in [0.717, 1.165) is 23.1 Å². The molecule has 1 aliphatic rings. The van der Waals surface area contributed by atoms with E-state index < -0.39 is 45.7 Å². The third-order valence-electron chi connectivity index (χ3n) is 5.66. The molecular formula is C25H17F3N2O6. The minimum atomic E-state index is -4.73. The third-order valence-corrected chi connectivity index (χ3v) is 5.66. The number of alkyl halides is 3. The monoisotopic (exact) mass is 498 g/mol. The first-order valence-electron chi connectivity index (χ1n) is 10.4. The molecule has 11 heteroatoms. The van der Waals surface area contributed by atoms with E-state index in [-0.39, 0.29) is 22.5 Å². The first-order valence-corrected chi connectivity index (χ1v) is 10.4. The van der Waals surface area contributed by atoms with Crippen LogP contribution < -0.4 is 9.64 Å². The maximum Gasteiger partial charge on any atom is 0.416 e. The van der Waals surface area contributed by atoms with Crippen molar-refractivity contribution < 1.29 is 37.5 Å². The molecule has 8 nitrogen and oxygen atoms in total. The molecule has 1 aliphatic heterocycles. The van der Waals surface area contributed by atoms with E-state index in [1.807, 2.05) is 0 Å². The molecular weight excluding hydrogens is 481 g/mol. The highest BCUT2D eigenvalue weighted by molar-refractivity contribution is 6.51. The number of hydrogen-bond acceptors (Lipinski definition) is 6. The predicted octanol–water partition coefficient (Wildman–Crippen LogP) is 5.25. The van der Waals surface area contributed by atoms with Crippen molar-refractivity contribution in [2.45, 2.75) is 12.2 Å². The van der Waals surface area contributed by atoms with Gasteiger partial charge in [-0.3, -0.25) is 24.6 Å². The summed E-state index contributed by atoms with van der Waals surface area (Å²) in [4.78, 5) is 37.7. The van der Waals surface area contributed by atoms with Crippen molar-refractivity contribution in [2.24, 2.45) is 0 Å². The number of carbonyl (C=O) groups is 2. The van der Waals surface area contributed by atoms with Crippen LogP contribution in [0.3, 0.4) is 0 Å². The van der Waals surface area contributed by atoms with Crippen LogP contribution in [0.4, 0.5) is 24.5 Å². The van der Waals surface area contributed by atoms with Gasteiger partial charge >= 0.3 is 6.18 Å². The van der Waals surface area contributed by atoms with Crippen molar-refractivity contribution >= 4 is 28.8 Å². The van der Waals surface area contributed by atoms with Gasteiger partial charge in [-0.05, 0) is 48.0 Å². The number of anilines is 1. The second-order valence-electron chi connectivity index (χ2n) is 7.80. The molecule has 0 bridgehead atoms. The number of halogens is 3. The van der Waals surface area contributed by atoms with Gasteiger partial charge in [0.1, 0.15) is 11.5 Å². The lowest BCUT2D eigenvalue weighted by Crippen LogP contribution is -2.29. The van der Waals surface area contributed by atoms with Gasteiger partial charge in [-0.25, -0.2) is 0 Å². The lowest BCUT2D eigenvalue weighted by molar-refractivity contribution is -0.384. The highest BCUT2D eigenvalue weighted by Gasteiger charge is 2.47. The fourth-order valence-corrected chi connectivity index (χ4v) is 3.96. The quantitative estimate of drug-likeness (QED) is 0.169. The summed E-state index contributed by atoms with van der Waals surface area (Å²) in [6.45, 7) is 0. The molecule has 0 spiro atoms. The number of non-ortho nitro benzene ring substituents is 1. The molecule has 1 fully saturated rings. The van der Waals surface area contributed by atoms with Crippen LogP contribution in [-0.4, -0.2) is 28.8 Å². The van der Waals surface area contributed by atoms with Crippen molar-refractivity contribution in [1.29, 1.82) is 0 Å². The smallest absolute Gasteiger partial charge is 0.416 e. The number of aliphatic hydroxyl groups is 1. The number of ketones is 1. The Labute approximate surface area is 202 Å². The van der Waals surface area contributed by atoms with Gasteiger partial charge in [-0.1, -0.05) is 18.2 Å². The Morgan fingerprint density at radius 1 is 1.03 bits per heavy atom. The van der Waals surface area contributed by atoms with E-state index in [2.05, 4.69) is 0 Å². The van der Waals surface area contributed by atoms with Crippen LogP contribution in [0.15, 0.2) is 78.4 Å². The number of hydrogen-bond donors (Lipinski definition) is 1. The minimum absolute atomic E-state index is 0.0517. The normalized spacial score (nSPS) is 17.3. The van der Waals surface area contributed by atoms with Gasteiger partial charge in [-0.2, -0.15) is 13.2 Å². The number of methoxy groups -OCH3 is 1. The SMILES string of the molecule is COc1ccc(/C(O)=C2\C(=O)C(=O)N(c3cccc(C(F)(F)F)c3)C2c2cccc([N+](=O)[O-])c2)cc1. The average Bonchev–Trinajstić information content (AvgIpc) is 3.13. The summed E-state index contributed by atoms with van der Waals surface area (Å²) in [5, 5.41) is 22.4. The summed E-state index contributed by atoms with van der Waals surface area (Å²) >= 11 is 0. The molecule has 1 saturated heterocycles. The summed E-state index contributed by atoms with van der Waals surface area (Å²) in [6.07, 6.45) is -4.73. The number of nitrogens with zero attached hydrogens (tertiary/aromatic N) is 2. The van der Waals surface area contributed by atoms with Crippen molar-refractivity contribution in [2.75, 3.05) is 12.0 Å². The van der Waals surface area contributed by atoms with Gasteiger partial charge < -0.3 is 9.84 Å². The van der Waals surface area contributed by atoms with Gasteiger partial charge in [-0.15, -0.1) is 0 Å². The number of Topliss-reactive ketones (excluding diaryl/α,β-unsaturated/α-hetero) is 1. The van der Waals surface area contributed by atoms with Crippen LogP contribution in [0.2, 0.25) is 0 Å². The summed E-state index contributed by atoms with van der Waals surface area (Å²) in [6, 6.07) is 13.2. The number of benzene rings is 3.